The van der Waals surface area contributed by atoms with Gasteiger partial charge in [0.15, 0.2) is 0 Å². The van der Waals surface area contributed by atoms with Crippen LogP contribution in [0.4, 0.5) is 0 Å². The van der Waals surface area contributed by atoms with Crippen LogP contribution in [-0.2, 0) is 11.3 Å². The van der Waals surface area contributed by atoms with E-state index in [9.17, 15) is 4.79 Å². The van der Waals surface area contributed by atoms with E-state index in [2.05, 4.69) is 43.1 Å². The maximum Gasteiger partial charge on any atom is 0.142 e. The van der Waals surface area contributed by atoms with E-state index >= 15 is 0 Å². The third-order valence-corrected chi connectivity index (χ3v) is 4.35. The zero-order valence-electron chi connectivity index (χ0n) is 14.8. The molecule has 0 spiro atoms. The first kappa shape index (κ1) is 20.4. The molecule has 0 saturated carbocycles. The highest BCUT2D eigenvalue weighted by Gasteiger charge is 2.20. The fourth-order valence-corrected chi connectivity index (χ4v) is 2.87. The molecule has 24 heavy (non-hydrogen) atoms. The van der Waals surface area contributed by atoms with Gasteiger partial charge in [-0.15, -0.1) is 12.4 Å². The molecule has 0 aliphatic rings. The van der Waals surface area contributed by atoms with E-state index in [-0.39, 0.29) is 18.3 Å². The predicted molar refractivity (Wildman–Crippen MR) is 102 cm³/mol. The monoisotopic (exact) mass is 348 g/mol. The molecule has 2 aromatic rings. The number of imidazole rings is 1. The number of carbonyl (C=O) groups is 1. The number of aromatic nitrogens is 2. The molecule has 0 fully saturated rings. The second kappa shape index (κ2) is 11.0. The van der Waals surface area contributed by atoms with Crippen molar-refractivity contribution in [3.63, 3.8) is 0 Å². The third-order valence-electron chi connectivity index (χ3n) is 4.35. The Balaban J connectivity index is 0.00000288. The normalized spacial score (nSPS) is 11.8. The maximum atomic E-state index is 12.8. The topological polar surface area (TPSA) is 34.9 Å². The molecule has 1 heterocycles. The maximum absolute atomic E-state index is 12.8. The van der Waals surface area contributed by atoms with Gasteiger partial charge < -0.3 is 4.57 Å². The number of halogens is 1. The summed E-state index contributed by atoms with van der Waals surface area (Å²) in [5.41, 5.74) is 2.34. The number of Topliss-reactive ketones (excluding diaryl/α,β-unsaturated/α-hetero) is 1. The number of hydrogen-bond donors (Lipinski definition) is 0. The molecule has 0 aliphatic carbocycles. The minimum absolute atomic E-state index is 0. The molecule has 4 heteroatoms. The predicted octanol–water partition coefficient (Wildman–Crippen LogP) is 5.33. The van der Waals surface area contributed by atoms with E-state index in [0.717, 1.165) is 18.4 Å². The summed E-state index contributed by atoms with van der Waals surface area (Å²) in [5.74, 6) is 0.273. The zero-order valence-corrected chi connectivity index (χ0v) is 15.6. The Morgan fingerprint density at radius 2 is 1.83 bits per heavy atom. The summed E-state index contributed by atoms with van der Waals surface area (Å²) >= 11 is 0. The van der Waals surface area contributed by atoms with E-state index in [1.54, 1.807) is 12.5 Å². The van der Waals surface area contributed by atoms with E-state index < -0.39 is 0 Å². The number of carbonyl (C=O) groups excluding carboxylic acids is 1. The number of unbranched alkanes of at least 4 members (excludes halogenated alkanes) is 4. The van der Waals surface area contributed by atoms with Gasteiger partial charge in [0.25, 0.3) is 0 Å². The summed E-state index contributed by atoms with van der Waals surface area (Å²) in [6.07, 6.45) is 12.1. The minimum Gasteiger partial charge on any atom is -0.336 e. The molecule has 0 amide bonds. The summed E-state index contributed by atoms with van der Waals surface area (Å²) in [5, 5.41) is 0. The average Bonchev–Trinajstić information content (AvgIpc) is 3.06. The number of rotatable bonds is 10. The van der Waals surface area contributed by atoms with Gasteiger partial charge in [-0.1, -0.05) is 62.4 Å². The van der Waals surface area contributed by atoms with Gasteiger partial charge in [-0.3, -0.25) is 4.79 Å². The summed E-state index contributed by atoms with van der Waals surface area (Å²) in [6.45, 7) is 4.96. The van der Waals surface area contributed by atoms with Gasteiger partial charge in [0.05, 0.1) is 12.2 Å². The number of ketones is 1. The molecule has 0 N–H and O–H groups in total. The van der Waals surface area contributed by atoms with Crippen molar-refractivity contribution in [2.45, 2.75) is 64.8 Å². The lowest BCUT2D eigenvalue weighted by Gasteiger charge is -2.17. The Morgan fingerprint density at radius 1 is 1.12 bits per heavy atom. The van der Waals surface area contributed by atoms with Crippen molar-refractivity contribution in [2.75, 3.05) is 0 Å². The highest BCUT2D eigenvalue weighted by molar-refractivity contribution is 5.86. The fourth-order valence-electron chi connectivity index (χ4n) is 2.87. The van der Waals surface area contributed by atoms with Gasteiger partial charge in [0.1, 0.15) is 5.78 Å². The highest BCUT2D eigenvalue weighted by atomic mass is 35.5. The van der Waals surface area contributed by atoms with Crippen molar-refractivity contribution >= 4 is 18.2 Å². The highest BCUT2D eigenvalue weighted by Crippen LogP contribution is 2.22. The second-order valence-corrected chi connectivity index (χ2v) is 6.35. The summed E-state index contributed by atoms with van der Waals surface area (Å²) in [7, 11) is 0. The van der Waals surface area contributed by atoms with Gasteiger partial charge in [-0.2, -0.15) is 0 Å². The molecule has 1 unspecified atom stereocenters. The Hall–Kier alpha value is -1.61. The number of nitrogens with zero attached hydrogens (tertiary/aromatic N) is 2. The summed E-state index contributed by atoms with van der Waals surface area (Å²) < 4.78 is 2.00. The molecule has 3 nitrogen and oxygen atoms in total. The van der Waals surface area contributed by atoms with Crippen molar-refractivity contribution in [3.05, 3.63) is 54.1 Å². The first-order valence-corrected chi connectivity index (χ1v) is 8.75. The van der Waals surface area contributed by atoms with Crippen LogP contribution in [0.25, 0.3) is 0 Å². The van der Waals surface area contributed by atoms with Crippen LogP contribution in [0, 0.1) is 6.92 Å². The van der Waals surface area contributed by atoms with Gasteiger partial charge >= 0.3 is 0 Å². The molecule has 132 valence electrons. The molecule has 1 atom stereocenters. The van der Waals surface area contributed by atoms with E-state index in [1.165, 1.54) is 24.8 Å². The number of aryl methyl sites for hydroxylation is 1. The van der Waals surface area contributed by atoms with Crippen LogP contribution in [0.5, 0.6) is 0 Å². The smallest absolute Gasteiger partial charge is 0.142 e. The van der Waals surface area contributed by atoms with Gasteiger partial charge in [0.2, 0.25) is 0 Å². The van der Waals surface area contributed by atoms with Crippen molar-refractivity contribution in [1.82, 2.24) is 9.55 Å². The standard InChI is InChI=1S/C20H28N2O.ClH/c1-3-4-5-6-7-8-20(23)19(15-22-14-13-21-16-22)18-11-9-17(2)10-12-18;/h9-14,16,19H,3-8,15H2,1-2H3;1H. The van der Waals surface area contributed by atoms with E-state index in [1.807, 2.05) is 10.8 Å². The quantitative estimate of drug-likeness (QED) is 0.544. The largest absolute Gasteiger partial charge is 0.336 e. The lowest BCUT2D eigenvalue weighted by molar-refractivity contribution is -0.120. The summed E-state index contributed by atoms with van der Waals surface area (Å²) in [6, 6.07) is 8.35. The molecule has 0 aliphatic heterocycles. The van der Waals surface area contributed by atoms with Gasteiger partial charge in [-0.05, 0) is 18.9 Å². The van der Waals surface area contributed by atoms with Crippen LogP contribution in [0.3, 0.4) is 0 Å². The van der Waals surface area contributed by atoms with Crippen LogP contribution < -0.4 is 0 Å². The van der Waals surface area contributed by atoms with Crippen LogP contribution in [0.2, 0.25) is 0 Å². The Kier molecular flexibility index (Phi) is 9.39. The van der Waals surface area contributed by atoms with Crippen LogP contribution in [0.1, 0.15) is 62.5 Å². The molecule has 2 rings (SSSR count). The van der Waals surface area contributed by atoms with Gasteiger partial charge in [-0.25, -0.2) is 4.98 Å². The lowest BCUT2D eigenvalue weighted by Crippen LogP contribution is -2.18. The van der Waals surface area contributed by atoms with Crippen LogP contribution >= 0.6 is 12.4 Å². The van der Waals surface area contributed by atoms with Gasteiger partial charge in [0, 0.05) is 25.4 Å². The van der Waals surface area contributed by atoms with Crippen LogP contribution in [-0.4, -0.2) is 15.3 Å². The molecule has 0 saturated heterocycles. The number of benzene rings is 1. The molecular formula is C20H29ClN2O. The fraction of sp³-hybridized carbons (Fsp3) is 0.500. The van der Waals surface area contributed by atoms with Crippen molar-refractivity contribution in [2.24, 2.45) is 0 Å². The van der Waals surface area contributed by atoms with Crippen LogP contribution in [0.15, 0.2) is 43.0 Å². The first-order chi connectivity index (χ1) is 11.2. The molecule has 0 bridgehead atoms. The number of hydrogen-bond acceptors (Lipinski definition) is 2. The minimum atomic E-state index is -0.0732. The molecule has 0 radical (unpaired) electrons. The molecule has 1 aromatic heterocycles. The SMILES string of the molecule is CCCCCCCC(=O)C(Cn1ccnc1)c1ccc(C)cc1.Cl. The first-order valence-electron chi connectivity index (χ1n) is 8.75. The average molecular weight is 349 g/mol. The zero-order chi connectivity index (χ0) is 16.5. The molecular weight excluding hydrogens is 320 g/mol. The summed E-state index contributed by atoms with van der Waals surface area (Å²) in [4.78, 5) is 16.8. The second-order valence-electron chi connectivity index (χ2n) is 6.35. The Morgan fingerprint density at radius 3 is 2.46 bits per heavy atom. The molecule has 1 aromatic carbocycles. The Bertz CT molecular complexity index is 578. The van der Waals surface area contributed by atoms with Crippen molar-refractivity contribution in [3.8, 4) is 0 Å². The van der Waals surface area contributed by atoms with E-state index in [0.29, 0.717) is 18.7 Å². The third kappa shape index (κ3) is 6.48. The van der Waals surface area contributed by atoms with E-state index in [4.69, 9.17) is 0 Å². The Labute approximate surface area is 151 Å². The van der Waals surface area contributed by atoms with Crippen molar-refractivity contribution in [1.29, 1.82) is 0 Å². The van der Waals surface area contributed by atoms with Crippen molar-refractivity contribution < 1.29 is 4.79 Å². The lowest BCUT2D eigenvalue weighted by atomic mass is 9.91.